The molecule has 0 spiro atoms. The highest BCUT2D eigenvalue weighted by molar-refractivity contribution is 7.99. The zero-order valence-corrected chi connectivity index (χ0v) is 17.0. The molecule has 2 aliphatic rings. The number of halogens is 3. The highest BCUT2D eigenvalue weighted by atomic mass is 35.5. The van der Waals surface area contributed by atoms with Gasteiger partial charge in [0, 0.05) is 49.7 Å². The van der Waals surface area contributed by atoms with Crippen LogP contribution in [-0.2, 0) is 11.3 Å². The molecule has 0 radical (unpaired) electrons. The first-order valence-electron chi connectivity index (χ1n) is 6.95. The van der Waals surface area contributed by atoms with Crippen molar-refractivity contribution in [1.82, 2.24) is 20.1 Å². The molecule has 0 aromatic carbocycles. The average molecular weight is 422 g/mol. The van der Waals surface area contributed by atoms with Crippen molar-refractivity contribution >= 4 is 66.2 Å². The van der Waals surface area contributed by atoms with E-state index in [9.17, 15) is 4.79 Å². The van der Waals surface area contributed by atoms with Gasteiger partial charge in [0.25, 0.3) is 0 Å². The number of rotatable bonds is 3. The molecule has 134 valence electrons. The number of thioether (sulfide) groups is 1. The quantitative estimate of drug-likeness (QED) is 0.809. The minimum atomic E-state index is 0. The molecule has 1 amide bonds. The molecule has 1 atom stereocenters. The Labute approximate surface area is 164 Å². The summed E-state index contributed by atoms with van der Waals surface area (Å²) in [5.41, 5.74) is 1.15. The predicted molar refractivity (Wildman–Crippen MR) is 105 cm³/mol. The number of nitrogens with one attached hydrogen (secondary N) is 1. The van der Waals surface area contributed by atoms with Crippen molar-refractivity contribution in [3.8, 4) is 0 Å². The third kappa shape index (κ3) is 6.23. The molecule has 2 aliphatic heterocycles. The number of hydrogen-bond donors (Lipinski definition) is 1. The number of nitrogens with zero attached hydrogens (tertiary/aromatic N) is 3. The van der Waals surface area contributed by atoms with Gasteiger partial charge in [0.2, 0.25) is 5.91 Å². The minimum absolute atomic E-state index is 0. The van der Waals surface area contributed by atoms with Crippen LogP contribution in [-0.4, -0.2) is 64.5 Å². The summed E-state index contributed by atoms with van der Waals surface area (Å²) in [6.45, 7) is 6.52. The molecule has 1 aromatic rings. The van der Waals surface area contributed by atoms with Crippen molar-refractivity contribution in [3.05, 3.63) is 16.1 Å². The zero-order valence-electron chi connectivity index (χ0n) is 12.9. The summed E-state index contributed by atoms with van der Waals surface area (Å²) < 4.78 is 0. The van der Waals surface area contributed by atoms with Gasteiger partial charge in [-0.2, -0.15) is 0 Å². The van der Waals surface area contributed by atoms with Crippen LogP contribution in [0.25, 0.3) is 0 Å². The molecule has 1 N–H and O–H groups in total. The van der Waals surface area contributed by atoms with Gasteiger partial charge in [-0.3, -0.25) is 15.0 Å². The fourth-order valence-electron chi connectivity index (χ4n) is 2.61. The van der Waals surface area contributed by atoms with Gasteiger partial charge in [-0.25, -0.2) is 4.98 Å². The van der Waals surface area contributed by atoms with E-state index in [0.29, 0.717) is 0 Å². The Bertz CT molecular complexity index is 478. The molecule has 0 saturated carbocycles. The number of thiazole rings is 1. The third-order valence-corrected chi connectivity index (χ3v) is 5.51. The van der Waals surface area contributed by atoms with Crippen molar-refractivity contribution in [2.45, 2.75) is 19.5 Å². The Morgan fingerprint density at radius 1 is 1.30 bits per heavy atom. The highest BCUT2D eigenvalue weighted by Gasteiger charge is 2.29. The van der Waals surface area contributed by atoms with E-state index in [1.807, 2.05) is 11.8 Å². The Balaban J connectivity index is 0.00000161. The second kappa shape index (κ2) is 11.0. The molecule has 3 heterocycles. The smallest absolute Gasteiger partial charge is 0.240 e. The van der Waals surface area contributed by atoms with E-state index in [1.165, 1.54) is 0 Å². The second-order valence-corrected chi connectivity index (χ2v) is 7.32. The predicted octanol–water partition coefficient (Wildman–Crippen LogP) is 2.02. The van der Waals surface area contributed by atoms with Gasteiger partial charge in [-0.15, -0.1) is 60.3 Å². The lowest BCUT2D eigenvalue weighted by atomic mass is 10.2. The van der Waals surface area contributed by atoms with Crippen molar-refractivity contribution in [2.75, 3.05) is 37.8 Å². The van der Waals surface area contributed by atoms with Crippen LogP contribution in [0.2, 0.25) is 0 Å². The van der Waals surface area contributed by atoms with Gasteiger partial charge >= 0.3 is 0 Å². The molecule has 0 unspecified atom stereocenters. The van der Waals surface area contributed by atoms with Gasteiger partial charge in [0.05, 0.1) is 16.7 Å². The van der Waals surface area contributed by atoms with Crippen molar-refractivity contribution < 1.29 is 4.79 Å². The molecular weight excluding hydrogens is 399 g/mol. The summed E-state index contributed by atoms with van der Waals surface area (Å²) in [7, 11) is 0. The monoisotopic (exact) mass is 420 g/mol. The second-order valence-electron chi connectivity index (χ2n) is 5.23. The Morgan fingerprint density at radius 2 is 2.00 bits per heavy atom. The maximum Gasteiger partial charge on any atom is 0.240 e. The van der Waals surface area contributed by atoms with Crippen LogP contribution in [0.3, 0.4) is 0 Å². The zero-order chi connectivity index (χ0) is 13.9. The number of aryl methyl sites for hydroxylation is 1. The lowest BCUT2D eigenvalue weighted by Gasteiger charge is -2.35. The van der Waals surface area contributed by atoms with Crippen molar-refractivity contribution in [1.29, 1.82) is 0 Å². The molecule has 2 saturated heterocycles. The Hall–Kier alpha value is 0.240. The summed E-state index contributed by atoms with van der Waals surface area (Å²) in [6.07, 6.45) is 0. The summed E-state index contributed by atoms with van der Waals surface area (Å²) in [5.74, 6) is 2.09. The maximum atomic E-state index is 12.3. The third-order valence-electron chi connectivity index (χ3n) is 3.75. The van der Waals surface area contributed by atoms with E-state index in [1.54, 1.807) is 23.1 Å². The molecule has 23 heavy (non-hydrogen) atoms. The topological polar surface area (TPSA) is 48.5 Å². The fourth-order valence-corrected chi connectivity index (χ4v) is 4.15. The van der Waals surface area contributed by atoms with Crippen LogP contribution in [0.1, 0.15) is 10.7 Å². The van der Waals surface area contributed by atoms with E-state index in [0.717, 1.165) is 55.1 Å². The largest absolute Gasteiger partial charge is 0.339 e. The highest BCUT2D eigenvalue weighted by Crippen LogP contribution is 2.15. The Morgan fingerprint density at radius 3 is 2.52 bits per heavy atom. The number of piperazine rings is 1. The van der Waals surface area contributed by atoms with Crippen LogP contribution in [0, 0.1) is 6.92 Å². The first kappa shape index (κ1) is 23.2. The van der Waals surface area contributed by atoms with Gasteiger partial charge in [-0.1, -0.05) is 0 Å². The van der Waals surface area contributed by atoms with E-state index in [-0.39, 0.29) is 49.2 Å². The van der Waals surface area contributed by atoms with E-state index in [2.05, 4.69) is 20.6 Å². The van der Waals surface area contributed by atoms with Crippen LogP contribution < -0.4 is 5.32 Å². The number of carbonyl (C=O) groups excluding carboxylic acids is 1. The molecule has 0 aliphatic carbocycles. The van der Waals surface area contributed by atoms with Crippen LogP contribution in [0.4, 0.5) is 0 Å². The number of hydrogen-bond acceptors (Lipinski definition) is 6. The van der Waals surface area contributed by atoms with Crippen molar-refractivity contribution in [2.24, 2.45) is 0 Å². The van der Waals surface area contributed by atoms with E-state index in [4.69, 9.17) is 0 Å². The average Bonchev–Trinajstić information content (AvgIpc) is 3.11. The standard InChI is InChI=1S/C13H20N4OS2.3ClH/c1-10-15-11(7-20-10)6-16-2-4-17(5-3-16)13(18)12-8-19-9-14-12;;;/h7,12,14H,2-6,8-9H2,1H3;3*1H/t12-;;;/m1.../s1. The van der Waals surface area contributed by atoms with Crippen LogP contribution in [0.5, 0.6) is 0 Å². The SMILES string of the molecule is Cc1nc(CN2CCN(C(=O)[C@H]3CSCN3)CC2)cs1.Cl.Cl.Cl. The summed E-state index contributed by atoms with van der Waals surface area (Å²) >= 11 is 3.51. The molecule has 3 rings (SSSR count). The van der Waals surface area contributed by atoms with Crippen LogP contribution >= 0.6 is 60.3 Å². The fraction of sp³-hybridized carbons (Fsp3) is 0.692. The van der Waals surface area contributed by atoms with Gasteiger partial charge in [-0.05, 0) is 6.92 Å². The van der Waals surface area contributed by atoms with E-state index < -0.39 is 0 Å². The molecule has 10 heteroatoms. The van der Waals surface area contributed by atoms with Gasteiger partial charge in [0.15, 0.2) is 0 Å². The molecular formula is C13H23Cl3N4OS2. The first-order valence-corrected chi connectivity index (χ1v) is 8.99. The van der Waals surface area contributed by atoms with E-state index >= 15 is 0 Å². The Kier molecular flexibility index (Phi) is 11.1. The van der Waals surface area contributed by atoms with Gasteiger partial charge < -0.3 is 4.90 Å². The minimum Gasteiger partial charge on any atom is -0.339 e. The first-order chi connectivity index (χ1) is 9.72. The molecule has 5 nitrogen and oxygen atoms in total. The number of carbonyl (C=O) groups is 1. The molecule has 1 aromatic heterocycles. The number of amides is 1. The summed E-state index contributed by atoms with van der Waals surface area (Å²) in [4.78, 5) is 21.2. The normalized spacial score (nSPS) is 21.1. The lowest BCUT2D eigenvalue weighted by molar-refractivity contribution is -0.134. The molecule has 0 bridgehead atoms. The van der Waals surface area contributed by atoms with Gasteiger partial charge in [0.1, 0.15) is 0 Å². The maximum absolute atomic E-state index is 12.3. The van der Waals surface area contributed by atoms with Crippen LogP contribution in [0.15, 0.2) is 5.38 Å². The summed E-state index contributed by atoms with van der Waals surface area (Å²) in [5, 5.41) is 6.51. The van der Waals surface area contributed by atoms with Crippen molar-refractivity contribution in [3.63, 3.8) is 0 Å². The molecule has 2 fully saturated rings. The number of aromatic nitrogens is 1. The lowest BCUT2D eigenvalue weighted by Crippen LogP contribution is -2.53. The summed E-state index contributed by atoms with van der Waals surface area (Å²) in [6, 6.07) is 0.0349.